The highest BCUT2D eigenvalue weighted by Crippen LogP contribution is 2.22. The van der Waals surface area contributed by atoms with E-state index in [1.807, 2.05) is 33.3 Å². The molecule has 0 aliphatic carbocycles. The van der Waals surface area contributed by atoms with Gasteiger partial charge in [0.05, 0.1) is 5.36 Å². The number of pyridine rings is 1. The number of hydrogen-bond donors (Lipinski definition) is 2. The normalized spacial score (nSPS) is 11.0. The Labute approximate surface area is 124 Å². The van der Waals surface area contributed by atoms with Gasteiger partial charge in [-0.05, 0) is 49.7 Å². The highest BCUT2D eigenvalue weighted by molar-refractivity contribution is 5.78. The molecule has 0 atom stereocenters. The van der Waals surface area contributed by atoms with Crippen molar-refractivity contribution in [2.24, 2.45) is 0 Å². The number of anilines is 1. The van der Waals surface area contributed by atoms with Crippen molar-refractivity contribution >= 4 is 16.7 Å². The number of hydrogen-bond acceptors (Lipinski definition) is 2. The van der Waals surface area contributed by atoms with Gasteiger partial charge in [0.2, 0.25) is 0 Å². The Morgan fingerprint density at radius 1 is 1.05 bits per heavy atom. The monoisotopic (exact) mass is 280 g/mol. The molecule has 0 fully saturated rings. The number of rotatable bonds is 2. The van der Waals surface area contributed by atoms with Crippen molar-refractivity contribution in [3.8, 4) is 5.69 Å². The van der Waals surface area contributed by atoms with E-state index in [1.165, 1.54) is 5.69 Å². The van der Waals surface area contributed by atoms with Crippen LogP contribution < -0.4 is 10.3 Å². The highest BCUT2D eigenvalue weighted by atomic mass is 15.1. The highest BCUT2D eigenvalue weighted by Gasteiger charge is 2.11. The molecule has 4 nitrogen and oxygen atoms in total. The van der Waals surface area contributed by atoms with Crippen LogP contribution in [0.1, 0.15) is 11.3 Å². The van der Waals surface area contributed by atoms with Crippen LogP contribution in [-0.2, 0) is 0 Å². The predicted octanol–water partition coefficient (Wildman–Crippen LogP) is 3.12. The van der Waals surface area contributed by atoms with Crippen molar-refractivity contribution in [3.05, 3.63) is 53.1 Å². The molecule has 21 heavy (non-hydrogen) atoms. The summed E-state index contributed by atoms with van der Waals surface area (Å²) in [5, 5.41) is 9.81. The number of fused-ring (bicyclic) bond motifs is 1. The molecule has 0 spiro atoms. The summed E-state index contributed by atoms with van der Waals surface area (Å²) in [5.41, 5.74) is 5.36. The van der Waals surface area contributed by atoms with Crippen LogP contribution in [0.4, 0.5) is 5.69 Å². The third-order valence-electron chi connectivity index (χ3n) is 4.10. The van der Waals surface area contributed by atoms with Crippen LogP contribution >= 0.6 is 0 Å². The lowest BCUT2D eigenvalue weighted by Crippen LogP contribution is -2.15. The van der Waals surface area contributed by atoms with E-state index >= 15 is 0 Å². The van der Waals surface area contributed by atoms with Crippen molar-refractivity contribution < 1.29 is 0 Å². The Balaban J connectivity index is 2.29. The second-order valence-electron chi connectivity index (χ2n) is 5.57. The van der Waals surface area contributed by atoms with E-state index in [4.69, 9.17) is 5.41 Å². The molecule has 3 rings (SSSR count). The molecule has 0 saturated heterocycles. The Hall–Kier alpha value is -2.49. The molecular formula is C17H20N4. The lowest BCUT2D eigenvalue weighted by atomic mass is 10.1. The Morgan fingerprint density at radius 3 is 2.33 bits per heavy atom. The van der Waals surface area contributed by atoms with Gasteiger partial charge in [-0.25, -0.2) is 0 Å². The first kappa shape index (κ1) is 13.5. The zero-order valence-electron chi connectivity index (χ0n) is 12.9. The molecule has 0 unspecified atom stereocenters. The van der Waals surface area contributed by atoms with Crippen molar-refractivity contribution in [1.82, 2.24) is 9.55 Å². The van der Waals surface area contributed by atoms with Gasteiger partial charge in [-0.1, -0.05) is 0 Å². The van der Waals surface area contributed by atoms with Crippen LogP contribution in [-0.4, -0.2) is 23.6 Å². The summed E-state index contributed by atoms with van der Waals surface area (Å²) in [6, 6.07) is 10.4. The van der Waals surface area contributed by atoms with E-state index in [0.717, 1.165) is 28.0 Å². The molecule has 1 aromatic carbocycles. The molecule has 0 amide bonds. The Kier molecular flexibility index (Phi) is 3.09. The van der Waals surface area contributed by atoms with Crippen molar-refractivity contribution in [1.29, 1.82) is 5.41 Å². The minimum Gasteiger partial charge on any atom is -0.378 e. The van der Waals surface area contributed by atoms with Crippen LogP contribution in [0.15, 0.2) is 36.5 Å². The van der Waals surface area contributed by atoms with Gasteiger partial charge < -0.3 is 9.88 Å². The van der Waals surface area contributed by atoms with Gasteiger partial charge in [-0.15, -0.1) is 0 Å². The number of benzene rings is 1. The Bertz CT molecular complexity index is 851. The quantitative estimate of drug-likeness (QED) is 0.744. The fourth-order valence-electron chi connectivity index (χ4n) is 2.69. The molecule has 2 N–H and O–H groups in total. The molecular weight excluding hydrogens is 260 g/mol. The maximum absolute atomic E-state index is 8.26. The van der Waals surface area contributed by atoms with E-state index < -0.39 is 0 Å². The van der Waals surface area contributed by atoms with Crippen LogP contribution in [0.5, 0.6) is 0 Å². The fourth-order valence-corrected chi connectivity index (χ4v) is 2.69. The number of nitrogens with one attached hydrogen (secondary N) is 2. The summed E-state index contributed by atoms with van der Waals surface area (Å²) >= 11 is 0. The van der Waals surface area contributed by atoms with E-state index in [9.17, 15) is 0 Å². The first-order chi connectivity index (χ1) is 10.0. The average molecular weight is 280 g/mol. The maximum atomic E-state index is 8.26. The van der Waals surface area contributed by atoms with Crippen LogP contribution in [0, 0.1) is 19.3 Å². The summed E-state index contributed by atoms with van der Waals surface area (Å²) in [5.74, 6) is 0. The predicted molar refractivity (Wildman–Crippen MR) is 87.3 cm³/mol. The zero-order chi connectivity index (χ0) is 15.1. The smallest absolute Gasteiger partial charge is 0.124 e. The SMILES string of the molecule is Cc1c(C)n(-c2ccc(N(C)C)cc2)c2[nH]ccc2c1=N. The average Bonchev–Trinajstić information content (AvgIpc) is 2.95. The second kappa shape index (κ2) is 4.81. The first-order valence-electron chi connectivity index (χ1n) is 7.02. The van der Waals surface area contributed by atoms with Crippen LogP contribution in [0.2, 0.25) is 0 Å². The summed E-state index contributed by atoms with van der Waals surface area (Å²) in [6.07, 6.45) is 1.90. The second-order valence-corrected chi connectivity index (χ2v) is 5.57. The molecule has 0 aliphatic heterocycles. The molecule has 0 saturated carbocycles. The standard InChI is InChI=1S/C17H20N4/c1-11-12(2)21(17-15(16(11)18)9-10-19-17)14-7-5-13(6-8-14)20(3)4/h5-10,18-19H,1-4H3. The van der Waals surface area contributed by atoms with Gasteiger partial charge in [0.1, 0.15) is 5.65 Å². The van der Waals surface area contributed by atoms with Gasteiger partial charge >= 0.3 is 0 Å². The van der Waals surface area contributed by atoms with Gasteiger partial charge in [0.15, 0.2) is 0 Å². The van der Waals surface area contributed by atoms with Gasteiger partial charge in [0.25, 0.3) is 0 Å². The number of aromatic amines is 1. The number of nitrogens with zero attached hydrogens (tertiary/aromatic N) is 2. The first-order valence-corrected chi connectivity index (χ1v) is 7.02. The largest absolute Gasteiger partial charge is 0.378 e. The van der Waals surface area contributed by atoms with Crippen LogP contribution in [0.25, 0.3) is 16.7 Å². The minimum absolute atomic E-state index is 0.602. The molecule has 0 bridgehead atoms. The molecule has 0 aliphatic rings. The van der Waals surface area contributed by atoms with Crippen LogP contribution in [0.3, 0.4) is 0 Å². The molecule has 3 aromatic rings. The molecule has 4 heteroatoms. The number of aromatic nitrogens is 2. The topological polar surface area (TPSA) is 47.8 Å². The van der Waals surface area contributed by atoms with Crippen molar-refractivity contribution in [2.75, 3.05) is 19.0 Å². The minimum atomic E-state index is 0.602. The van der Waals surface area contributed by atoms with E-state index in [-0.39, 0.29) is 0 Å². The van der Waals surface area contributed by atoms with Crippen molar-refractivity contribution in [2.45, 2.75) is 13.8 Å². The van der Waals surface area contributed by atoms with E-state index in [2.05, 4.69) is 45.6 Å². The van der Waals surface area contributed by atoms with Crippen molar-refractivity contribution in [3.63, 3.8) is 0 Å². The third-order valence-corrected chi connectivity index (χ3v) is 4.10. The molecule has 108 valence electrons. The summed E-state index contributed by atoms with van der Waals surface area (Å²) in [7, 11) is 4.07. The van der Waals surface area contributed by atoms with E-state index in [1.54, 1.807) is 0 Å². The zero-order valence-corrected chi connectivity index (χ0v) is 12.9. The summed E-state index contributed by atoms with van der Waals surface area (Å²) in [6.45, 7) is 4.07. The molecule has 2 aromatic heterocycles. The molecule has 0 radical (unpaired) electrons. The third kappa shape index (κ3) is 2.03. The lowest BCUT2D eigenvalue weighted by molar-refractivity contribution is 0.972. The molecule has 2 heterocycles. The summed E-state index contributed by atoms with van der Waals surface area (Å²) in [4.78, 5) is 5.35. The van der Waals surface area contributed by atoms with Gasteiger partial charge in [-0.3, -0.25) is 9.98 Å². The van der Waals surface area contributed by atoms with Gasteiger partial charge in [-0.2, -0.15) is 0 Å². The Morgan fingerprint density at radius 2 is 1.71 bits per heavy atom. The van der Waals surface area contributed by atoms with E-state index in [0.29, 0.717) is 5.36 Å². The fraction of sp³-hybridized carbons (Fsp3) is 0.235. The lowest BCUT2D eigenvalue weighted by Gasteiger charge is -2.17. The maximum Gasteiger partial charge on any atom is 0.124 e. The summed E-state index contributed by atoms with van der Waals surface area (Å²) < 4.78 is 2.18. The number of H-pyrrole nitrogens is 1. The van der Waals surface area contributed by atoms with Gasteiger partial charge in [0, 0.05) is 42.7 Å².